The average Bonchev–Trinajstić information content (AvgIpc) is 3.28. The molecule has 1 saturated carbocycles. The van der Waals surface area contributed by atoms with Gasteiger partial charge in [-0.05, 0) is 19.8 Å². The van der Waals surface area contributed by atoms with Crippen LogP contribution in [-0.4, -0.2) is 31.2 Å². The number of aryl methyl sites for hydroxylation is 1. The maximum absolute atomic E-state index is 12.2. The van der Waals surface area contributed by atoms with Crippen LogP contribution in [0.1, 0.15) is 34.8 Å². The molecule has 0 bridgehead atoms. The van der Waals surface area contributed by atoms with E-state index in [-0.39, 0.29) is 34.5 Å². The van der Waals surface area contributed by atoms with Gasteiger partial charge in [0.15, 0.2) is 10.9 Å². The Labute approximate surface area is 135 Å². The summed E-state index contributed by atoms with van der Waals surface area (Å²) in [5.41, 5.74) is 0.448. The van der Waals surface area contributed by atoms with Crippen LogP contribution in [0.4, 0.5) is 5.69 Å². The molecule has 0 spiro atoms. The number of hydrogen-bond donors (Lipinski definition) is 1. The first-order chi connectivity index (χ1) is 11.0. The third-order valence-corrected chi connectivity index (χ3v) is 4.60. The molecular weight excluding hydrogens is 320 g/mol. The highest BCUT2D eigenvalue weighted by molar-refractivity contribution is 7.99. The van der Waals surface area contributed by atoms with Crippen LogP contribution < -0.4 is 5.69 Å². The van der Waals surface area contributed by atoms with Crippen molar-refractivity contribution in [2.45, 2.75) is 31.0 Å². The summed E-state index contributed by atoms with van der Waals surface area (Å²) in [7, 11) is 0. The maximum Gasteiger partial charge on any atom is 0.344 e. The van der Waals surface area contributed by atoms with Crippen LogP contribution in [0, 0.1) is 17.0 Å². The average molecular weight is 334 g/mol. The Morgan fingerprint density at radius 2 is 2.26 bits per heavy atom. The van der Waals surface area contributed by atoms with Crippen molar-refractivity contribution in [3.63, 3.8) is 0 Å². The number of aromatic amines is 1. The molecule has 0 aliphatic heterocycles. The number of carbonyl (C=O) groups is 1. The van der Waals surface area contributed by atoms with E-state index in [0.29, 0.717) is 10.7 Å². The number of ketones is 1. The monoisotopic (exact) mass is 334 g/mol. The summed E-state index contributed by atoms with van der Waals surface area (Å²) >= 11 is 1.16. The quantitative estimate of drug-likeness (QED) is 0.375. The van der Waals surface area contributed by atoms with Crippen molar-refractivity contribution in [3.05, 3.63) is 49.9 Å². The first-order valence-corrected chi connectivity index (χ1v) is 8.04. The van der Waals surface area contributed by atoms with Gasteiger partial charge in [0.25, 0.3) is 5.69 Å². The van der Waals surface area contributed by atoms with Crippen molar-refractivity contribution in [2.24, 2.45) is 0 Å². The molecule has 1 heterocycles. The van der Waals surface area contributed by atoms with Crippen LogP contribution in [0.5, 0.6) is 0 Å². The molecule has 0 radical (unpaired) electrons. The minimum atomic E-state index is -0.502. The zero-order valence-electron chi connectivity index (χ0n) is 12.3. The Morgan fingerprint density at radius 1 is 1.52 bits per heavy atom. The summed E-state index contributed by atoms with van der Waals surface area (Å²) in [6.45, 7) is 1.62. The molecule has 1 aromatic heterocycles. The van der Waals surface area contributed by atoms with Crippen LogP contribution in [0.15, 0.2) is 28.2 Å². The van der Waals surface area contributed by atoms with Gasteiger partial charge in [-0.25, -0.2) is 9.89 Å². The van der Waals surface area contributed by atoms with Crippen molar-refractivity contribution in [2.75, 3.05) is 5.75 Å². The van der Waals surface area contributed by atoms with Gasteiger partial charge in [-0.15, -0.1) is 5.10 Å². The van der Waals surface area contributed by atoms with E-state index in [2.05, 4.69) is 10.2 Å². The molecule has 1 aliphatic carbocycles. The lowest BCUT2D eigenvalue weighted by Gasteiger charge is -2.04. The molecule has 3 rings (SSSR count). The number of Topliss-reactive ketones (excluding diaryl/α,β-unsaturated/α-hetero) is 1. The first-order valence-electron chi connectivity index (χ1n) is 7.05. The normalized spacial score (nSPS) is 14.0. The Balaban J connectivity index is 1.74. The van der Waals surface area contributed by atoms with E-state index in [9.17, 15) is 19.7 Å². The van der Waals surface area contributed by atoms with Gasteiger partial charge >= 0.3 is 5.69 Å². The van der Waals surface area contributed by atoms with E-state index >= 15 is 0 Å². The van der Waals surface area contributed by atoms with Crippen molar-refractivity contribution < 1.29 is 9.72 Å². The van der Waals surface area contributed by atoms with Crippen molar-refractivity contribution in [3.8, 4) is 0 Å². The predicted octanol–water partition coefficient (Wildman–Crippen LogP) is 2.10. The number of nitrogens with one attached hydrogen (secondary N) is 1. The molecule has 1 fully saturated rings. The smallest absolute Gasteiger partial charge is 0.293 e. The number of nitro groups is 1. The number of rotatable bonds is 6. The molecule has 0 atom stereocenters. The first kappa shape index (κ1) is 15.5. The molecule has 0 amide bonds. The van der Waals surface area contributed by atoms with Crippen LogP contribution in [0.3, 0.4) is 0 Å². The van der Waals surface area contributed by atoms with Crippen LogP contribution in [0.2, 0.25) is 0 Å². The number of benzene rings is 1. The van der Waals surface area contributed by atoms with E-state index in [4.69, 9.17) is 0 Å². The maximum atomic E-state index is 12.2. The standard InChI is InChI=1S/C14H14N4O4S/c1-8-2-3-9(6-11(8)18(21)22)12(19)7-23-14-16-15-13(20)17(14)10-4-5-10/h2-3,6,10H,4-5,7H2,1H3,(H,15,20). The number of nitro benzene ring substituents is 1. The zero-order valence-corrected chi connectivity index (χ0v) is 13.1. The lowest BCUT2D eigenvalue weighted by Crippen LogP contribution is -2.16. The summed E-state index contributed by atoms with van der Waals surface area (Å²) in [5.74, 6) is -0.173. The molecule has 2 aromatic rings. The highest BCUT2D eigenvalue weighted by Gasteiger charge is 2.28. The van der Waals surface area contributed by atoms with Gasteiger partial charge in [-0.3, -0.25) is 19.5 Å². The molecule has 9 heteroatoms. The molecule has 1 N–H and O–H groups in total. The highest BCUT2D eigenvalue weighted by Crippen LogP contribution is 2.36. The SMILES string of the molecule is Cc1ccc(C(=O)CSc2n[nH]c(=O)n2C2CC2)cc1[N+](=O)[O-]. The number of H-pyrrole nitrogens is 1. The number of aromatic nitrogens is 3. The van der Waals surface area contributed by atoms with E-state index < -0.39 is 4.92 Å². The molecule has 1 aliphatic rings. The summed E-state index contributed by atoms with van der Waals surface area (Å²) in [4.78, 5) is 34.3. The van der Waals surface area contributed by atoms with Gasteiger partial charge in [0.05, 0.1) is 10.7 Å². The number of nitrogens with zero attached hydrogens (tertiary/aromatic N) is 3. The largest absolute Gasteiger partial charge is 0.344 e. The van der Waals surface area contributed by atoms with Gasteiger partial charge in [0.2, 0.25) is 0 Å². The summed E-state index contributed by atoms with van der Waals surface area (Å²) < 4.78 is 1.57. The third kappa shape index (κ3) is 3.19. The van der Waals surface area contributed by atoms with Crippen LogP contribution in [0.25, 0.3) is 0 Å². The second kappa shape index (κ2) is 5.99. The molecule has 8 nitrogen and oxygen atoms in total. The summed E-state index contributed by atoms with van der Waals surface area (Å²) in [5, 5.41) is 17.7. The van der Waals surface area contributed by atoms with Crippen molar-refractivity contribution >= 4 is 23.2 Å². The lowest BCUT2D eigenvalue weighted by molar-refractivity contribution is -0.385. The van der Waals surface area contributed by atoms with Gasteiger partial charge in [0, 0.05) is 23.2 Å². The Bertz CT molecular complexity index is 838. The van der Waals surface area contributed by atoms with E-state index in [1.807, 2.05) is 0 Å². The fourth-order valence-corrected chi connectivity index (χ4v) is 3.15. The minimum Gasteiger partial charge on any atom is -0.293 e. The Hall–Kier alpha value is -2.42. The molecule has 1 aromatic carbocycles. The van der Waals surface area contributed by atoms with Crippen molar-refractivity contribution in [1.29, 1.82) is 0 Å². The van der Waals surface area contributed by atoms with Crippen LogP contribution >= 0.6 is 11.8 Å². The van der Waals surface area contributed by atoms with E-state index in [0.717, 1.165) is 24.6 Å². The number of hydrogen-bond acceptors (Lipinski definition) is 6. The number of thioether (sulfide) groups is 1. The van der Waals surface area contributed by atoms with Crippen LogP contribution in [-0.2, 0) is 0 Å². The second-order valence-corrected chi connectivity index (χ2v) is 6.33. The topological polar surface area (TPSA) is 111 Å². The molecule has 23 heavy (non-hydrogen) atoms. The summed E-state index contributed by atoms with van der Waals surface area (Å²) in [6, 6.07) is 4.59. The summed E-state index contributed by atoms with van der Waals surface area (Å²) in [6.07, 6.45) is 1.87. The van der Waals surface area contributed by atoms with E-state index in [1.54, 1.807) is 23.6 Å². The Morgan fingerprint density at radius 3 is 2.91 bits per heavy atom. The Kier molecular flexibility index (Phi) is 4.03. The minimum absolute atomic E-state index is 0.0667. The van der Waals surface area contributed by atoms with Gasteiger partial charge in [-0.2, -0.15) is 0 Å². The molecule has 120 valence electrons. The predicted molar refractivity (Wildman–Crippen MR) is 84.0 cm³/mol. The fraction of sp³-hybridized carbons (Fsp3) is 0.357. The lowest BCUT2D eigenvalue weighted by atomic mass is 10.1. The molecule has 0 saturated heterocycles. The second-order valence-electron chi connectivity index (χ2n) is 5.38. The van der Waals surface area contributed by atoms with Gasteiger partial charge < -0.3 is 0 Å². The molecular formula is C14H14N4O4S. The number of carbonyl (C=O) groups excluding carboxylic acids is 1. The highest BCUT2D eigenvalue weighted by atomic mass is 32.2. The van der Waals surface area contributed by atoms with Crippen molar-refractivity contribution in [1.82, 2.24) is 14.8 Å². The fourth-order valence-electron chi connectivity index (χ4n) is 2.24. The van der Waals surface area contributed by atoms with Gasteiger partial charge in [0.1, 0.15) is 0 Å². The zero-order chi connectivity index (χ0) is 16.6. The van der Waals surface area contributed by atoms with Gasteiger partial charge in [-0.1, -0.05) is 23.9 Å². The third-order valence-electron chi connectivity index (χ3n) is 3.64. The van der Waals surface area contributed by atoms with E-state index in [1.165, 1.54) is 6.07 Å². The molecule has 0 unspecified atom stereocenters.